The molecule has 2 aromatic carbocycles. The van der Waals surface area contributed by atoms with E-state index in [1.54, 1.807) is 0 Å². The van der Waals surface area contributed by atoms with Crippen molar-refractivity contribution < 1.29 is 14.0 Å². The van der Waals surface area contributed by atoms with Crippen molar-refractivity contribution in [2.24, 2.45) is 0 Å². The summed E-state index contributed by atoms with van der Waals surface area (Å²) >= 11 is 0. The Kier molecular flexibility index (Phi) is 8.46. The van der Waals surface area contributed by atoms with Gasteiger partial charge in [-0.15, -0.1) is 0 Å². The molecule has 0 heterocycles. The van der Waals surface area contributed by atoms with Crippen LogP contribution in [-0.4, -0.2) is 23.5 Å². The molecule has 0 bridgehead atoms. The summed E-state index contributed by atoms with van der Waals surface area (Å²) in [5.41, 5.74) is 2.62. The second-order valence-corrected chi connectivity index (χ2v) is 14.1. The topological polar surface area (TPSA) is 35.5 Å². The average Bonchev–Trinajstić information content (AvgIpc) is 2.84. The Hall–Kier alpha value is -1.73. The summed E-state index contributed by atoms with van der Waals surface area (Å²) in [4.78, 5) is 0. The first kappa shape index (κ1) is 25.4. The van der Waals surface area contributed by atoms with Gasteiger partial charge >= 0.3 is 0 Å². The highest BCUT2D eigenvalue weighted by Gasteiger charge is 2.44. The lowest BCUT2D eigenvalue weighted by Gasteiger charge is -2.39. The van der Waals surface area contributed by atoms with Crippen LogP contribution in [0.1, 0.15) is 91.9 Å². The molecule has 0 radical (unpaired) electrons. The van der Waals surface area contributed by atoms with Crippen LogP contribution >= 0.6 is 7.14 Å². The zero-order chi connectivity index (χ0) is 24.1. The molecule has 4 heteroatoms. The molecule has 0 aromatic heterocycles. The summed E-state index contributed by atoms with van der Waals surface area (Å²) in [5, 5.41) is 1.07. The van der Waals surface area contributed by atoms with Gasteiger partial charge in [-0.2, -0.15) is 0 Å². The van der Waals surface area contributed by atoms with Crippen LogP contribution < -0.4 is 14.8 Å². The fourth-order valence-corrected chi connectivity index (χ4v) is 10.6. The molecule has 186 valence electrons. The van der Waals surface area contributed by atoms with Crippen LogP contribution in [-0.2, 0) is 4.57 Å². The summed E-state index contributed by atoms with van der Waals surface area (Å²) in [7, 11) is -2.64. The van der Waals surface area contributed by atoms with Crippen molar-refractivity contribution in [2.45, 2.75) is 115 Å². The SMILES string of the molecule is CC(C)Oc1cccc(OC(C)C)c1-c1ccccc1P(=O)(C1CCCCC1)C1CCCCC1. The smallest absolute Gasteiger partial charge is 0.131 e. The fraction of sp³-hybridized carbons (Fsp3) is 0.600. The van der Waals surface area contributed by atoms with E-state index in [2.05, 4.69) is 52.0 Å². The third-order valence-corrected chi connectivity index (χ3v) is 11.8. The van der Waals surface area contributed by atoms with Gasteiger partial charge in [0.15, 0.2) is 0 Å². The van der Waals surface area contributed by atoms with Crippen LogP contribution in [0.5, 0.6) is 11.5 Å². The largest absolute Gasteiger partial charge is 0.490 e. The van der Waals surface area contributed by atoms with Gasteiger partial charge in [-0.1, -0.05) is 68.9 Å². The van der Waals surface area contributed by atoms with Crippen LogP contribution in [0.15, 0.2) is 42.5 Å². The molecule has 4 rings (SSSR count). The molecule has 2 saturated carbocycles. The van der Waals surface area contributed by atoms with E-state index in [4.69, 9.17) is 9.47 Å². The molecule has 0 spiro atoms. The predicted molar refractivity (Wildman–Crippen MR) is 144 cm³/mol. The summed E-state index contributed by atoms with van der Waals surface area (Å²) < 4.78 is 28.1. The molecule has 2 aromatic rings. The van der Waals surface area contributed by atoms with Crippen molar-refractivity contribution in [2.75, 3.05) is 0 Å². The number of benzene rings is 2. The fourth-order valence-electron chi connectivity index (χ4n) is 6.09. The van der Waals surface area contributed by atoms with Gasteiger partial charge in [0, 0.05) is 16.6 Å². The quantitative estimate of drug-likeness (QED) is 0.353. The maximum Gasteiger partial charge on any atom is 0.131 e. The lowest BCUT2D eigenvalue weighted by Crippen LogP contribution is -2.30. The highest BCUT2D eigenvalue weighted by Crippen LogP contribution is 2.63. The van der Waals surface area contributed by atoms with Crippen molar-refractivity contribution in [3.63, 3.8) is 0 Å². The number of rotatable bonds is 8. The second kappa shape index (κ2) is 11.3. The standard InChI is InChI=1S/C30H43O3P/c1-22(2)32-27-19-13-20-28(33-23(3)4)30(27)26-18-11-12-21-29(26)34(31,24-14-7-5-8-15-24)25-16-9-6-10-17-25/h11-13,18-25H,5-10,14-17H2,1-4H3. The van der Waals surface area contributed by atoms with E-state index in [-0.39, 0.29) is 12.2 Å². The van der Waals surface area contributed by atoms with E-state index in [1.807, 2.05) is 18.2 Å². The molecule has 0 amide bonds. The summed E-state index contributed by atoms with van der Waals surface area (Å²) in [5.74, 6) is 1.64. The Bertz CT molecular complexity index is 934. The van der Waals surface area contributed by atoms with Gasteiger partial charge in [0.05, 0.1) is 17.8 Å². The lowest BCUT2D eigenvalue weighted by atomic mass is 9.99. The highest BCUT2D eigenvalue weighted by atomic mass is 31.2. The van der Waals surface area contributed by atoms with Gasteiger partial charge in [0.2, 0.25) is 0 Å². The van der Waals surface area contributed by atoms with Crippen LogP contribution in [0.25, 0.3) is 11.1 Å². The average molecular weight is 483 g/mol. The van der Waals surface area contributed by atoms with E-state index >= 15 is 4.57 Å². The molecule has 2 aliphatic carbocycles. The molecular weight excluding hydrogens is 439 g/mol. The summed E-state index contributed by atoms with van der Waals surface area (Å²) in [6.45, 7) is 8.22. The van der Waals surface area contributed by atoms with Gasteiger partial charge in [-0.25, -0.2) is 0 Å². The minimum Gasteiger partial charge on any atom is -0.490 e. The van der Waals surface area contributed by atoms with Gasteiger partial charge in [0.1, 0.15) is 18.6 Å². The highest BCUT2D eigenvalue weighted by molar-refractivity contribution is 7.73. The van der Waals surface area contributed by atoms with E-state index in [0.717, 1.165) is 53.6 Å². The van der Waals surface area contributed by atoms with Gasteiger partial charge in [-0.05, 0) is 71.1 Å². The minimum absolute atomic E-state index is 0.0451. The monoisotopic (exact) mass is 482 g/mol. The Morgan fingerprint density at radius 2 is 1.15 bits per heavy atom. The third-order valence-electron chi connectivity index (χ3n) is 7.50. The van der Waals surface area contributed by atoms with Crippen LogP contribution in [0.3, 0.4) is 0 Å². The van der Waals surface area contributed by atoms with Crippen LogP contribution in [0.4, 0.5) is 0 Å². The Morgan fingerprint density at radius 1 is 0.676 bits per heavy atom. The first-order valence-corrected chi connectivity index (χ1v) is 15.4. The zero-order valence-electron chi connectivity index (χ0n) is 21.6. The first-order valence-electron chi connectivity index (χ1n) is 13.6. The number of ether oxygens (including phenoxy) is 2. The number of hydrogen-bond donors (Lipinski definition) is 0. The lowest BCUT2D eigenvalue weighted by molar-refractivity contribution is 0.231. The molecule has 0 aliphatic heterocycles. The van der Waals surface area contributed by atoms with E-state index < -0.39 is 7.14 Å². The number of hydrogen-bond acceptors (Lipinski definition) is 3. The van der Waals surface area contributed by atoms with Crippen LogP contribution in [0.2, 0.25) is 0 Å². The maximum absolute atomic E-state index is 15.5. The Balaban J connectivity index is 1.92. The summed E-state index contributed by atoms with van der Waals surface area (Å²) in [6.07, 6.45) is 11.9. The normalized spacial score (nSPS) is 18.4. The molecule has 3 nitrogen and oxygen atoms in total. The first-order chi connectivity index (χ1) is 16.4. The van der Waals surface area contributed by atoms with E-state index in [0.29, 0.717) is 11.3 Å². The summed E-state index contributed by atoms with van der Waals surface area (Å²) in [6, 6.07) is 14.6. The minimum atomic E-state index is -2.64. The van der Waals surface area contributed by atoms with Gasteiger partial charge < -0.3 is 14.0 Å². The molecular formula is C30H43O3P. The van der Waals surface area contributed by atoms with Crippen LogP contribution in [0, 0.1) is 0 Å². The van der Waals surface area contributed by atoms with Crippen molar-refractivity contribution >= 4 is 12.4 Å². The van der Waals surface area contributed by atoms with Gasteiger partial charge in [0.25, 0.3) is 0 Å². The van der Waals surface area contributed by atoms with Crippen molar-refractivity contribution in [1.29, 1.82) is 0 Å². The molecule has 34 heavy (non-hydrogen) atoms. The molecule has 0 unspecified atom stereocenters. The van der Waals surface area contributed by atoms with Crippen molar-refractivity contribution in [1.82, 2.24) is 0 Å². The third kappa shape index (κ3) is 5.40. The maximum atomic E-state index is 15.5. The Labute approximate surface area is 207 Å². The predicted octanol–water partition coefficient (Wildman–Crippen LogP) is 8.58. The zero-order valence-corrected chi connectivity index (χ0v) is 22.5. The molecule has 0 atom stereocenters. The molecule has 2 aliphatic rings. The van der Waals surface area contributed by atoms with Gasteiger partial charge in [-0.3, -0.25) is 0 Å². The second-order valence-electron chi connectivity index (χ2n) is 10.8. The molecule has 0 N–H and O–H groups in total. The van der Waals surface area contributed by atoms with Crippen molar-refractivity contribution in [3.8, 4) is 22.6 Å². The Morgan fingerprint density at radius 3 is 1.62 bits per heavy atom. The van der Waals surface area contributed by atoms with E-state index in [1.165, 1.54) is 38.5 Å². The molecule has 0 saturated heterocycles. The molecule has 2 fully saturated rings. The van der Waals surface area contributed by atoms with E-state index in [9.17, 15) is 0 Å². The van der Waals surface area contributed by atoms with Crippen molar-refractivity contribution in [3.05, 3.63) is 42.5 Å².